The Morgan fingerprint density at radius 2 is 0.974 bits per heavy atom. The Kier molecular flexibility index (Phi) is 17.4. The summed E-state index contributed by atoms with van der Waals surface area (Å²) in [7, 11) is 0. The standard InChI is InChI=1S/C69H82O2S6/c1-12-17-19-20-21-22-23-43(9)31-45-33-47-46(49-35-51(67(71)65(45)49)56-37-60-61(74-56)39-63(77-60)69(11,28-14-3)40-42(8)15-4)32-44(30-41(6)7)64-48(47)34-50(66(64)70)55-36-58-59(73-55)38-57(75-58)54-25-24-52(72-54)53-26-27-62(76-53)68(10,16-5)29-18-13-2/h24-27,32-39,41-43H,12-23,28-31,40H2,1-11H3. The molecule has 4 aromatic carbocycles. The highest BCUT2D eigenvalue weighted by Gasteiger charge is 2.31. The number of hydrogen-bond acceptors (Lipinski definition) is 8. The number of unbranched alkanes of at least 4 members (excludes halogenated alkanes) is 6. The van der Waals surface area contributed by atoms with Crippen LogP contribution >= 0.6 is 68.0 Å². The number of thiophene rings is 6. The van der Waals surface area contributed by atoms with Gasteiger partial charge in [-0.2, -0.15) is 0 Å². The van der Waals surface area contributed by atoms with E-state index in [1.807, 2.05) is 45.3 Å². The van der Waals surface area contributed by atoms with Gasteiger partial charge >= 0.3 is 0 Å². The lowest BCUT2D eigenvalue weighted by atomic mass is 9.76. The highest BCUT2D eigenvalue weighted by atomic mass is 32.1. The Hall–Kier alpha value is -3.76. The number of fused-ring (bicyclic) bond motifs is 7. The van der Waals surface area contributed by atoms with Gasteiger partial charge in [0.25, 0.3) is 0 Å². The Morgan fingerprint density at radius 3 is 1.56 bits per heavy atom. The van der Waals surface area contributed by atoms with E-state index < -0.39 is 0 Å². The average Bonchev–Trinajstić information content (AvgIpc) is 4.30. The predicted octanol–water partition coefficient (Wildman–Crippen LogP) is 23.6. The molecular weight excluding hydrogens is 1050 g/mol. The quantitative estimate of drug-likeness (QED) is 0.0507. The molecule has 6 aromatic heterocycles. The second-order valence-corrected chi connectivity index (χ2v) is 30.8. The van der Waals surface area contributed by atoms with E-state index in [1.54, 1.807) is 22.7 Å². The molecule has 0 amide bonds. The van der Waals surface area contributed by atoms with Crippen LogP contribution in [0.1, 0.15) is 193 Å². The van der Waals surface area contributed by atoms with Crippen LogP contribution < -0.4 is 10.9 Å². The second kappa shape index (κ2) is 23.8. The molecule has 77 heavy (non-hydrogen) atoms. The lowest BCUT2D eigenvalue weighted by molar-refractivity contribution is 0.329. The summed E-state index contributed by atoms with van der Waals surface area (Å²) in [4.78, 5) is 40.8. The summed E-state index contributed by atoms with van der Waals surface area (Å²) in [5.41, 5.74) is 4.58. The van der Waals surface area contributed by atoms with Crippen molar-refractivity contribution in [1.82, 2.24) is 0 Å². The molecule has 0 saturated heterocycles. The van der Waals surface area contributed by atoms with Crippen LogP contribution in [0.25, 0.3) is 91.5 Å². The van der Waals surface area contributed by atoms with Crippen LogP contribution in [0.2, 0.25) is 0 Å². The summed E-state index contributed by atoms with van der Waals surface area (Å²) in [6.45, 7) is 25.8. The van der Waals surface area contributed by atoms with E-state index in [0.29, 0.717) is 17.8 Å². The Labute approximate surface area is 483 Å². The van der Waals surface area contributed by atoms with Crippen LogP contribution in [0.3, 0.4) is 0 Å². The van der Waals surface area contributed by atoms with Gasteiger partial charge in [0, 0.05) is 90.5 Å². The predicted molar refractivity (Wildman–Crippen MR) is 351 cm³/mol. The van der Waals surface area contributed by atoms with E-state index in [9.17, 15) is 0 Å². The van der Waals surface area contributed by atoms with Gasteiger partial charge in [0.15, 0.2) is 10.9 Å². The third-order valence-electron chi connectivity index (χ3n) is 17.4. The zero-order chi connectivity index (χ0) is 54.3. The molecule has 0 spiro atoms. The first-order valence-electron chi connectivity index (χ1n) is 29.6. The van der Waals surface area contributed by atoms with Crippen molar-refractivity contribution < 1.29 is 0 Å². The minimum Gasteiger partial charge on any atom is -0.289 e. The summed E-state index contributed by atoms with van der Waals surface area (Å²) < 4.78 is 5.07. The van der Waals surface area contributed by atoms with Crippen LogP contribution in [0.15, 0.2) is 82.4 Å². The molecule has 0 aliphatic carbocycles. The lowest BCUT2D eigenvalue weighted by Crippen LogP contribution is -2.23. The van der Waals surface area contributed by atoms with E-state index in [4.69, 9.17) is 0 Å². The van der Waals surface area contributed by atoms with Gasteiger partial charge in [0.2, 0.25) is 0 Å². The zero-order valence-electron chi connectivity index (χ0n) is 47.9. The maximum absolute atomic E-state index is 15.2. The van der Waals surface area contributed by atoms with Crippen molar-refractivity contribution in [3.63, 3.8) is 0 Å². The highest BCUT2D eigenvalue weighted by molar-refractivity contribution is 7.33. The van der Waals surface area contributed by atoms with Gasteiger partial charge in [0.1, 0.15) is 0 Å². The van der Waals surface area contributed by atoms with E-state index in [1.165, 1.54) is 132 Å². The minimum atomic E-state index is 0.141. The second-order valence-electron chi connectivity index (χ2n) is 24.3. The largest absolute Gasteiger partial charge is 0.289 e. The summed E-state index contributed by atoms with van der Waals surface area (Å²) in [5, 5.41) is 6.08. The Bertz CT molecular complexity index is 3690. The third-order valence-corrected chi connectivity index (χ3v) is 25.3. The van der Waals surface area contributed by atoms with E-state index in [0.717, 1.165) is 90.0 Å². The maximum Gasteiger partial charge on any atom is 0.195 e. The van der Waals surface area contributed by atoms with Crippen LogP contribution in [0.4, 0.5) is 0 Å². The molecule has 0 aliphatic heterocycles. The van der Waals surface area contributed by atoms with Crippen molar-refractivity contribution in [2.75, 3.05) is 0 Å². The maximum atomic E-state index is 15.2. The minimum absolute atomic E-state index is 0.141. The molecular formula is C69H82O2S6. The summed E-state index contributed by atoms with van der Waals surface area (Å²) in [6, 6.07) is 27.9. The van der Waals surface area contributed by atoms with E-state index >= 15 is 9.59 Å². The summed E-state index contributed by atoms with van der Waals surface area (Å²) in [5.74, 6) is 1.47. The molecule has 0 fully saturated rings. The highest BCUT2D eigenvalue weighted by Crippen LogP contribution is 2.50. The fourth-order valence-electron chi connectivity index (χ4n) is 12.7. The molecule has 0 radical (unpaired) electrons. The first-order valence-corrected chi connectivity index (χ1v) is 34.5. The number of rotatable bonds is 26. The summed E-state index contributed by atoms with van der Waals surface area (Å²) in [6.07, 6.45) is 20.2. The fraction of sp³-hybridized carbons (Fsp3) is 0.478. The molecule has 6 heterocycles. The monoisotopic (exact) mass is 1130 g/mol. The van der Waals surface area contributed by atoms with Crippen LogP contribution in [-0.2, 0) is 23.7 Å². The molecule has 0 bridgehead atoms. The average molecular weight is 1140 g/mol. The van der Waals surface area contributed by atoms with Crippen molar-refractivity contribution in [1.29, 1.82) is 0 Å². The molecule has 10 rings (SSSR count). The van der Waals surface area contributed by atoms with E-state index in [-0.39, 0.29) is 21.7 Å². The molecule has 0 saturated carbocycles. The Morgan fingerprint density at radius 1 is 0.442 bits per heavy atom. The number of hydrogen-bond donors (Lipinski definition) is 0. The molecule has 0 aliphatic rings. The third kappa shape index (κ3) is 11.3. The molecule has 8 heteroatoms. The first kappa shape index (κ1) is 56.5. The van der Waals surface area contributed by atoms with Gasteiger partial charge in [0.05, 0.1) is 0 Å². The van der Waals surface area contributed by atoms with Gasteiger partial charge < -0.3 is 0 Å². The van der Waals surface area contributed by atoms with Crippen molar-refractivity contribution in [3.8, 4) is 40.4 Å². The van der Waals surface area contributed by atoms with Crippen LogP contribution in [0.5, 0.6) is 0 Å². The van der Waals surface area contributed by atoms with Gasteiger partial charge in [-0.1, -0.05) is 147 Å². The van der Waals surface area contributed by atoms with Crippen molar-refractivity contribution in [2.24, 2.45) is 17.8 Å². The molecule has 4 unspecified atom stereocenters. The van der Waals surface area contributed by atoms with Gasteiger partial charge in [-0.05, 0) is 162 Å². The van der Waals surface area contributed by atoms with Crippen molar-refractivity contribution in [3.05, 3.63) is 114 Å². The first-order chi connectivity index (χ1) is 37.1. The lowest BCUT2D eigenvalue weighted by Gasteiger charge is -2.31. The molecule has 4 atom stereocenters. The van der Waals surface area contributed by atoms with Crippen LogP contribution in [0, 0.1) is 17.8 Å². The Balaban J connectivity index is 1.04. The van der Waals surface area contributed by atoms with Gasteiger partial charge in [-0.15, -0.1) is 68.0 Å². The molecule has 10 aromatic rings. The smallest absolute Gasteiger partial charge is 0.195 e. The topological polar surface area (TPSA) is 34.1 Å². The van der Waals surface area contributed by atoms with Crippen molar-refractivity contribution >= 4 is 119 Å². The molecule has 406 valence electrons. The zero-order valence-corrected chi connectivity index (χ0v) is 52.8. The van der Waals surface area contributed by atoms with Crippen LogP contribution in [-0.4, -0.2) is 0 Å². The van der Waals surface area contributed by atoms with Gasteiger partial charge in [-0.3, -0.25) is 9.59 Å². The normalized spacial score (nSPS) is 14.9. The van der Waals surface area contributed by atoms with Gasteiger partial charge in [-0.25, -0.2) is 0 Å². The fourth-order valence-corrected chi connectivity index (χ4v) is 20.1. The summed E-state index contributed by atoms with van der Waals surface area (Å²) >= 11 is 11.2. The van der Waals surface area contributed by atoms with E-state index in [2.05, 4.69) is 149 Å². The molecule has 2 nitrogen and oxygen atoms in total. The SMILES string of the molecule is CCCCCCCCC(C)Cc1cc2c3cc(-c4cc5sc(-c6ccc(-c7ccc(C(C)(CC)CCCC)s7)s6)cc5s4)c(=O)c3c(CC(C)C)cc2c2cc(-c3cc4sc(C(C)(CCC)CC(C)CC)cc4s3)c(=O)c12. The molecule has 0 N–H and O–H groups in total. The van der Waals surface area contributed by atoms with Crippen molar-refractivity contribution in [2.45, 2.75) is 196 Å². The number of benzene rings is 2.